The smallest absolute Gasteiger partial charge is 0.165 e. The highest BCUT2D eigenvalue weighted by molar-refractivity contribution is 5.54. The lowest BCUT2D eigenvalue weighted by molar-refractivity contribution is 0.455. The fourth-order valence-electron chi connectivity index (χ4n) is 2.54. The second-order valence-electron chi connectivity index (χ2n) is 5.11. The number of aromatic nitrogens is 1. The number of hydrogen-bond donors (Lipinski definition) is 2. The third kappa shape index (κ3) is 2.92. The molecule has 1 saturated carbocycles. The molecule has 1 aromatic rings. The Hall–Kier alpha value is -1.76. The van der Waals surface area contributed by atoms with E-state index >= 15 is 0 Å². The lowest BCUT2D eigenvalue weighted by Crippen LogP contribution is -2.26. The largest absolute Gasteiger partial charge is 0.396 e. The first-order valence-electron chi connectivity index (χ1n) is 6.64. The quantitative estimate of drug-likeness (QED) is 0.784. The second kappa shape index (κ2) is 5.72. The average Bonchev–Trinajstić information content (AvgIpc) is 2.57. The lowest BCUT2D eigenvalue weighted by atomic mass is 9.97. The number of nitrogens with two attached hydrogens (primary N) is 1. The maximum Gasteiger partial charge on any atom is 0.165 e. The van der Waals surface area contributed by atoms with Crippen LogP contribution in [0.1, 0.15) is 44.7 Å². The fourth-order valence-corrected chi connectivity index (χ4v) is 2.54. The van der Waals surface area contributed by atoms with Gasteiger partial charge in [-0.3, -0.25) is 0 Å². The van der Waals surface area contributed by atoms with Crippen molar-refractivity contribution < 1.29 is 0 Å². The zero-order valence-corrected chi connectivity index (χ0v) is 10.8. The van der Waals surface area contributed by atoms with Gasteiger partial charge in [0, 0.05) is 6.04 Å². The molecular weight excluding hydrogens is 224 g/mol. The molecule has 1 fully saturated rings. The molecule has 18 heavy (non-hydrogen) atoms. The molecule has 2 atom stereocenters. The fraction of sp³-hybridized carbons (Fsp3) is 0.571. The van der Waals surface area contributed by atoms with Gasteiger partial charge in [0.15, 0.2) is 5.69 Å². The summed E-state index contributed by atoms with van der Waals surface area (Å²) in [6.07, 6.45) is 6.34. The number of nitrogen functional groups attached to an aromatic ring is 1. The van der Waals surface area contributed by atoms with Crippen molar-refractivity contribution in [2.75, 3.05) is 11.1 Å². The highest BCUT2D eigenvalue weighted by atomic mass is 15.0. The first kappa shape index (κ1) is 12.7. The molecule has 1 heterocycles. The third-order valence-electron chi connectivity index (χ3n) is 3.73. The van der Waals surface area contributed by atoms with Crippen LogP contribution in [0.15, 0.2) is 12.1 Å². The van der Waals surface area contributed by atoms with E-state index in [4.69, 9.17) is 11.0 Å². The van der Waals surface area contributed by atoms with E-state index in [1.165, 1.54) is 32.1 Å². The van der Waals surface area contributed by atoms with Gasteiger partial charge in [-0.2, -0.15) is 5.26 Å². The first-order chi connectivity index (χ1) is 8.70. The Bertz CT molecular complexity index is 450. The minimum Gasteiger partial charge on any atom is -0.396 e. The Morgan fingerprint density at radius 2 is 2.11 bits per heavy atom. The van der Waals surface area contributed by atoms with Crippen molar-refractivity contribution in [1.82, 2.24) is 4.98 Å². The topological polar surface area (TPSA) is 74.7 Å². The highest BCUT2D eigenvalue weighted by Crippen LogP contribution is 2.25. The number of hydrogen-bond acceptors (Lipinski definition) is 4. The molecule has 2 rings (SSSR count). The van der Waals surface area contributed by atoms with Crippen molar-refractivity contribution in [3.8, 4) is 6.07 Å². The van der Waals surface area contributed by atoms with Crippen LogP contribution >= 0.6 is 0 Å². The van der Waals surface area contributed by atoms with E-state index in [1.807, 2.05) is 12.1 Å². The van der Waals surface area contributed by atoms with Gasteiger partial charge >= 0.3 is 0 Å². The van der Waals surface area contributed by atoms with Crippen molar-refractivity contribution in [3.63, 3.8) is 0 Å². The predicted molar refractivity (Wildman–Crippen MR) is 73.0 cm³/mol. The normalized spacial score (nSPS) is 24.0. The Labute approximate surface area is 108 Å². The number of nitrogens with zero attached hydrogens (tertiary/aromatic N) is 2. The van der Waals surface area contributed by atoms with Crippen molar-refractivity contribution in [2.24, 2.45) is 5.92 Å². The molecule has 3 N–H and O–H groups in total. The number of nitriles is 1. The summed E-state index contributed by atoms with van der Waals surface area (Å²) in [4.78, 5) is 4.25. The van der Waals surface area contributed by atoms with Gasteiger partial charge in [-0.15, -0.1) is 0 Å². The first-order valence-corrected chi connectivity index (χ1v) is 6.64. The van der Waals surface area contributed by atoms with Gasteiger partial charge in [0.25, 0.3) is 0 Å². The average molecular weight is 244 g/mol. The van der Waals surface area contributed by atoms with Crippen LogP contribution in [0.3, 0.4) is 0 Å². The van der Waals surface area contributed by atoms with E-state index in [0.29, 0.717) is 23.3 Å². The number of nitrogens with one attached hydrogen (secondary N) is 1. The van der Waals surface area contributed by atoms with Crippen LogP contribution in [0.5, 0.6) is 0 Å². The van der Waals surface area contributed by atoms with E-state index in [1.54, 1.807) is 6.07 Å². The van der Waals surface area contributed by atoms with Gasteiger partial charge in [0.1, 0.15) is 11.9 Å². The zero-order valence-electron chi connectivity index (χ0n) is 10.8. The Morgan fingerprint density at radius 1 is 1.33 bits per heavy atom. The summed E-state index contributed by atoms with van der Waals surface area (Å²) >= 11 is 0. The maximum atomic E-state index is 8.93. The van der Waals surface area contributed by atoms with Crippen molar-refractivity contribution in [2.45, 2.75) is 45.1 Å². The van der Waals surface area contributed by atoms with Crippen molar-refractivity contribution >= 4 is 11.5 Å². The Balaban J connectivity index is 2.10. The Morgan fingerprint density at radius 3 is 2.89 bits per heavy atom. The molecule has 1 aliphatic carbocycles. The Kier molecular flexibility index (Phi) is 4.03. The molecule has 96 valence electrons. The van der Waals surface area contributed by atoms with E-state index in [9.17, 15) is 0 Å². The second-order valence-corrected chi connectivity index (χ2v) is 5.11. The standard InChI is InChI=1S/C14H20N4/c1-10-5-3-2-4-6-12(10)17-14-8-7-11(16)13(9-15)18-14/h7-8,10,12H,2-6,16H2,1H3,(H,17,18). The monoisotopic (exact) mass is 244 g/mol. The summed E-state index contributed by atoms with van der Waals surface area (Å²) in [7, 11) is 0. The summed E-state index contributed by atoms with van der Waals surface area (Å²) < 4.78 is 0. The van der Waals surface area contributed by atoms with E-state index in [2.05, 4.69) is 17.2 Å². The molecule has 0 aliphatic heterocycles. The molecule has 0 bridgehead atoms. The number of rotatable bonds is 2. The summed E-state index contributed by atoms with van der Waals surface area (Å²) in [6.45, 7) is 2.28. The van der Waals surface area contributed by atoms with Crippen molar-refractivity contribution in [3.05, 3.63) is 17.8 Å². The van der Waals surface area contributed by atoms with E-state index in [-0.39, 0.29) is 0 Å². The molecule has 0 saturated heterocycles. The summed E-state index contributed by atoms with van der Waals surface area (Å²) in [6, 6.07) is 6.07. The minimum absolute atomic E-state index is 0.307. The zero-order chi connectivity index (χ0) is 13.0. The maximum absolute atomic E-state index is 8.93. The minimum atomic E-state index is 0.307. The van der Waals surface area contributed by atoms with Crippen LogP contribution in [0, 0.1) is 17.2 Å². The molecule has 1 aliphatic rings. The van der Waals surface area contributed by atoms with Crippen LogP contribution in [-0.4, -0.2) is 11.0 Å². The third-order valence-corrected chi connectivity index (χ3v) is 3.73. The van der Waals surface area contributed by atoms with Crippen LogP contribution in [0.2, 0.25) is 0 Å². The molecular formula is C14H20N4. The molecule has 1 aromatic heterocycles. The summed E-state index contributed by atoms with van der Waals surface area (Å²) in [5.41, 5.74) is 6.42. The molecule has 2 unspecified atom stereocenters. The molecule has 0 radical (unpaired) electrons. The summed E-state index contributed by atoms with van der Waals surface area (Å²) in [5.74, 6) is 1.41. The van der Waals surface area contributed by atoms with Gasteiger partial charge in [-0.05, 0) is 30.9 Å². The van der Waals surface area contributed by atoms with Crippen LogP contribution in [0.4, 0.5) is 11.5 Å². The van der Waals surface area contributed by atoms with Gasteiger partial charge in [-0.1, -0.05) is 26.2 Å². The van der Waals surface area contributed by atoms with E-state index in [0.717, 1.165) is 5.82 Å². The van der Waals surface area contributed by atoms with Gasteiger partial charge in [-0.25, -0.2) is 4.98 Å². The molecule has 0 spiro atoms. The van der Waals surface area contributed by atoms with Gasteiger partial charge in [0.05, 0.1) is 5.69 Å². The SMILES string of the molecule is CC1CCCCCC1Nc1ccc(N)c(C#N)n1. The van der Waals surface area contributed by atoms with Crippen LogP contribution in [-0.2, 0) is 0 Å². The molecule has 4 nitrogen and oxygen atoms in total. The van der Waals surface area contributed by atoms with Crippen LogP contribution in [0.25, 0.3) is 0 Å². The lowest BCUT2D eigenvalue weighted by Gasteiger charge is -2.23. The predicted octanol–water partition coefficient (Wildman–Crippen LogP) is 2.92. The van der Waals surface area contributed by atoms with Gasteiger partial charge in [0.2, 0.25) is 0 Å². The van der Waals surface area contributed by atoms with Crippen LogP contribution < -0.4 is 11.1 Å². The molecule has 0 aromatic carbocycles. The van der Waals surface area contributed by atoms with Crippen molar-refractivity contribution in [1.29, 1.82) is 5.26 Å². The summed E-state index contributed by atoms with van der Waals surface area (Å²) in [5, 5.41) is 12.4. The van der Waals surface area contributed by atoms with E-state index < -0.39 is 0 Å². The number of anilines is 2. The highest BCUT2D eigenvalue weighted by Gasteiger charge is 2.20. The molecule has 4 heteroatoms. The number of pyridine rings is 1. The van der Waals surface area contributed by atoms with Gasteiger partial charge < -0.3 is 11.1 Å². The molecule has 0 amide bonds.